The molecule has 0 unspecified atom stereocenters. The fraction of sp³-hybridized carbons (Fsp3) is 0.214. The lowest BCUT2D eigenvalue weighted by molar-refractivity contribution is -0.114. The third kappa shape index (κ3) is 2.22. The van der Waals surface area contributed by atoms with Crippen molar-refractivity contribution in [3.63, 3.8) is 0 Å². The van der Waals surface area contributed by atoms with Crippen LogP contribution in [-0.4, -0.2) is 10.8 Å². The number of hydrogen-bond donors (Lipinski definition) is 1. The standard InChI is InChI=1S/C14H15NO/c1-2-12(16)7-3-5-11-6-4-8-14-13(11)9-10-15-14/h2,4,6,8-10,15H,1,3,5,7H2. The van der Waals surface area contributed by atoms with Crippen molar-refractivity contribution < 1.29 is 4.79 Å². The second kappa shape index (κ2) is 4.79. The zero-order valence-corrected chi connectivity index (χ0v) is 9.20. The Morgan fingerprint density at radius 1 is 1.38 bits per heavy atom. The van der Waals surface area contributed by atoms with E-state index >= 15 is 0 Å². The molecule has 1 N–H and O–H groups in total. The van der Waals surface area contributed by atoms with Gasteiger partial charge in [-0.2, -0.15) is 0 Å². The maximum Gasteiger partial charge on any atom is 0.155 e. The van der Waals surface area contributed by atoms with Crippen LogP contribution in [0.5, 0.6) is 0 Å². The number of allylic oxidation sites excluding steroid dienone is 1. The van der Waals surface area contributed by atoms with Crippen LogP contribution < -0.4 is 0 Å². The maximum absolute atomic E-state index is 11.1. The van der Waals surface area contributed by atoms with Crippen molar-refractivity contribution in [3.8, 4) is 0 Å². The predicted octanol–water partition coefficient (Wildman–Crippen LogP) is 3.25. The molecule has 16 heavy (non-hydrogen) atoms. The Morgan fingerprint density at radius 2 is 2.25 bits per heavy atom. The fourth-order valence-corrected chi connectivity index (χ4v) is 1.92. The van der Waals surface area contributed by atoms with Crippen LogP contribution in [0, 0.1) is 0 Å². The molecule has 2 aromatic rings. The summed E-state index contributed by atoms with van der Waals surface area (Å²) in [6, 6.07) is 8.31. The van der Waals surface area contributed by atoms with E-state index in [1.165, 1.54) is 17.0 Å². The van der Waals surface area contributed by atoms with Crippen molar-refractivity contribution in [2.24, 2.45) is 0 Å². The fourth-order valence-electron chi connectivity index (χ4n) is 1.92. The molecule has 0 spiro atoms. The van der Waals surface area contributed by atoms with E-state index in [0.29, 0.717) is 6.42 Å². The van der Waals surface area contributed by atoms with Crippen molar-refractivity contribution in [2.75, 3.05) is 0 Å². The van der Waals surface area contributed by atoms with E-state index in [0.717, 1.165) is 18.4 Å². The Balaban J connectivity index is 2.06. The van der Waals surface area contributed by atoms with E-state index < -0.39 is 0 Å². The predicted molar refractivity (Wildman–Crippen MR) is 66.4 cm³/mol. The zero-order valence-electron chi connectivity index (χ0n) is 9.20. The van der Waals surface area contributed by atoms with Crippen LogP contribution in [-0.2, 0) is 11.2 Å². The molecule has 2 heteroatoms. The lowest BCUT2D eigenvalue weighted by Crippen LogP contribution is -1.94. The topological polar surface area (TPSA) is 32.9 Å². The number of ketones is 1. The number of H-pyrrole nitrogens is 1. The lowest BCUT2D eigenvalue weighted by atomic mass is 10.0. The molecule has 82 valence electrons. The summed E-state index contributed by atoms with van der Waals surface area (Å²) in [7, 11) is 0. The van der Waals surface area contributed by atoms with E-state index in [4.69, 9.17) is 0 Å². The van der Waals surface area contributed by atoms with Crippen molar-refractivity contribution in [2.45, 2.75) is 19.3 Å². The molecule has 2 nitrogen and oxygen atoms in total. The molecular formula is C14H15NO. The Labute approximate surface area is 95.0 Å². The third-order valence-corrected chi connectivity index (χ3v) is 2.78. The molecule has 1 aromatic carbocycles. The number of hydrogen-bond acceptors (Lipinski definition) is 1. The van der Waals surface area contributed by atoms with Gasteiger partial charge in [-0.15, -0.1) is 0 Å². The average Bonchev–Trinajstić information content (AvgIpc) is 2.77. The summed E-state index contributed by atoms with van der Waals surface area (Å²) in [4.78, 5) is 14.3. The summed E-state index contributed by atoms with van der Waals surface area (Å²) >= 11 is 0. The molecule has 0 aliphatic rings. The maximum atomic E-state index is 11.1. The van der Waals surface area contributed by atoms with Gasteiger partial charge >= 0.3 is 0 Å². The number of aryl methyl sites for hydroxylation is 1. The molecule has 2 rings (SSSR count). The highest BCUT2D eigenvalue weighted by Gasteiger charge is 2.02. The molecule has 0 aliphatic carbocycles. The van der Waals surface area contributed by atoms with Gasteiger partial charge in [0.05, 0.1) is 0 Å². The van der Waals surface area contributed by atoms with Crippen molar-refractivity contribution >= 4 is 16.7 Å². The highest BCUT2D eigenvalue weighted by molar-refractivity contribution is 5.89. The van der Waals surface area contributed by atoms with Gasteiger partial charge in [-0.3, -0.25) is 4.79 Å². The largest absolute Gasteiger partial charge is 0.361 e. The van der Waals surface area contributed by atoms with Crippen molar-refractivity contribution in [1.29, 1.82) is 0 Å². The Bertz CT molecular complexity index is 510. The third-order valence-electron chi connectivity index (χ3n) is 2.78. The van der Waals surface area contributed by atoms with Crippen LogP contribution in [0.15, 0.2) is 43.1 Å². The average molecular weight is 213 g/mol. The van der Waals surface area contributed by atoms with Gasteiger partial charge in [0.25, 0.3) is 0 Å². The summed E-state index contributed by atoms with van der Waals surface area (Å²) in [5.74, 6) is 0.126. The summed E-state index contributed by atoms with van der Waals surface area (Å²) in [5.41, 5.74) is 2.46. The van der Waals surface area contributed by atoms with E-state index in [9.17, 15) is 4.79 Å². The number of nitrogens with one attached hydrogen (secondary N) is 1. The van der Waals surface area contributed by atoms with Gasteiger partial charge in [-0.1, -0.05) is 18.7 Å². The minimum Gasteiger partial charge on any atom is -0.361 e. The van der Waals surface area contributed by atoms with Crippen LogP contribution in [0.2, 0.25) is 0 Å². The van der Waals surface area contributed by atoms with Gasteiger partial charge < -0.3 is 4.98 Å². The molecule has 1 aromatic heterocycles. The smallest absolute Gasteiger partial charge is 0.155 e. The molecule has 0 saturated heterocycles. The minimum atomic E-state index is 0.126. The first-order valence-electron chi connectivity index (χ1n) is 5.51. The van der Waals surface area contributed by atoms with Gasteiger partial charge in [0.1, 0.15) is 0 Å². The molecule has 0 bridgehead atoms. The first-order valence-corrected chi connectivity index (χ1v) is 5.51. The normalized spacial score (nSPS) is 10.5. The highest BCUT2D eigenvalue weighted by Crippen LogP contribution is 2.19. The number of aromatic amines is 1. The molecule has 0 radical (unpaired) electrons. The van der Waals surface area contributed by atoms with Gasteiger partial charge in [0, 0.05) is 23.5 Å². The summed E-state index contributed by atoms with van der Waals surface area (Å²) < 4.78 is 0. The van der Waals surface area contributed by atoms with E-state index in [-0.39, 0.29) is 5.78 Å². The quantitative estimate of drug-likeness (QED) is 0.760. The Kier molecular flexibility index (Phi) is 3.20. The number of carbonyl (C=O) groups excluding carboxylic acids is 1. The molecule has 0 saturated carbocycles. The summed E-state index contributed by atoms with van der Waals surface area (Å²) in [5, 5.41) is 1.26. The first kappa shape index (κ1) is 10.7. The number of benzene rings is 1. The molecule has 0 aliphatic heterocycles. The minimum absolute atomic E-state index is 0.126. The molecule has 0 fully saturated rings. The van der Waals surface area contributed by atoms with Crippen LogP contribution in [0.1, 0.15) is 18.4 Å². The number of fused-ring (bicyclic) bond motifs is 1. The lowest BCUT2D eigenvalue weighted by Gasteiger charge is -2.02. The molecule has 0 atom stereocenters. The van der Waals surface area contributed by atoms with E-state index in [1.807, 2.05) is 12.3 Å². The molecule has 1 heterocycles. The van der Waals surface area contributed by atoms with E-state index in [1.54, 1.807) is 0 Å². The van der Waals surface area contributed by atoms with Gasteiger partial charge in [0.2, 0.25) is 0 Å². The SMILES string of the molecule is C=CC(=O)CCCc1cccc2[nH]ccc12. The number of carbonyl (C=O) groups is 1. The summed E-state index contributed by atoms with van der Waals surface area (Å²) in [6.45, 7) is 3.47. The van der Waals surface area contributed by atoms with Crippen LogP contribution >= 0.6 is 0 Å². The highest BCUT2D eigenvalue weighted by atomic mass is 16.1. The molecular weight excluding hydrogens is 198 g/mol. The van der Waals surface area contributed by atoms with Crippen LogP contribution in [0.3, 0.4) is 0 Å². The second-order valence-electron chi connectivity index (χ2n) is 3.88. The number of rotatable bonds is 5. The van der Waals surface area contributed by atoms with Crippen molar-refractivity contribution in [3.05, 3.63) is 48.7 Å². The van der Waals surface area contributed by atoms with Crippen molar-refractivity contribution in [1.82, 2.24) is 4.98 Å². The number of aromatic nitrogens is 1. The Hall–Kier alpha value is -1.83. The zero-order chi connectivity index (χ0) is 11.4. The first-order chi connectivity index (χ1) is 7.81. The van der Waals surface area contributed by atoms with Gasteiger partial charge in [-0.05, 0) is 36.6 Å². The second-order valence-corrected chi connectivity index (χ2v) is 3.88. The van der Waals surface area contributed by atoms with E-state index in [2.05, 4.69) is 29.8 Å². The van der Waals surface area contributed by atoms with Crippen LogP contribution in [0.25, 0.3) is 10.9 Å². The Morgan fingerprint density at radius 3 is 3.06 bits per heavy atom. The van der Waals surface area contributed by atoms with Gasteiger partial charge in [-0.25, -0.2) is 0 Å². The molecule has 0 amide bonds. The summed E-state index contributed by atoms with van der Waals surface area (Å²) in [6.07, 6.45) is 5.76. The van der Waals surface area contributed by atoms with Gasteiger partial charge in [0.15, 0.2) is 5.78 Å². The van der Waals surface area contributed by atoms with Crippen LogP contribution in [0.4, 0.5) is 0 Å². The monoisotopic (exact) mass is 213 g/mol.